The second-order valence-corrected chi connectivity index (χ2v) is 6.46. The highest BCUT2D eigenvalue weighted by molar-refractivity contribution is 7.89. The van der Waals surface area contributed by atoms with Crippen LogP contribution < -0.4 is 10.5 Å². The lowest BCUT2D eigenvalue weighted by atomic mass is 10.1. The molecule has 1 aromatic heterocycles. The number of H-pyrrole nitrogens is 1. The Bertz CT molecular complexity index is 537. The predicted molar refractivity (Wildman–Crippen MR) is 77.9 cm³/mol. The van der Waals surface area contributed by atoms with Gasteiger partial charge in [-0.3, -0.25) is 4.79 Å². The van der Waals surface area contributed by atoms with Gasteiger partial charge in [0.05, 0.1) is 4.90 Å². The van der Waals surface area contributed by atoms with Crippen LogP contribution in [0.2, 0.25) is 0 Å². The molecule has 0 spiro atoms. The normalized spacial score (nSPS) is 13.2. The van der Waals surface area contributed by atoms with Crippen LogP contribution in [0.1, 0.15) is 56.4 Å². The van der Waals surface area contributed by atoms with E-state index in [1.54, 1.807) is 0 Å². The third-order valence-electron chi connectivity index (χ3n) is 3.11. The van der Waals surface area contributed by atoms with Crippen LogP contribution in [-0.4, -0.2) is 25.4 Å². The number of carbonyl (C=O) groups excluding carboxylic acids is 1. The molecule has 0 saturated heterocycles. The van der Waals surface area contributed by atoms with Gasteiger partial charge in [0, 0.05) is 12.2 Å². The molecule has 1 unspecified atom stereocenters. The van der Waals surface area contributed by atoms with Gasteiger partial charge in [0.15, 0.2) is 0 Å². The predicted octanol–water partition coefficient (Wildman–Crippen LogP) is 1.75. The van der Waals surface area contributed by atoms with Gasteiger partial charge in [-0.2, -0.15) is 0 Å². The van der Waals surface area contributed by atoms with Crippen LogP contribution in [0.25, 0.3) is 0 Å². The van der Waals surface area contributed by atoms with Crippen molar-refractivity contribution in [3.63, 3.8) is 0 Å². The van der Waals surface area contributed by atoms with E-state index in [2.05, 4.69) is 24.1 Å². The molecule has 7 heteroatoms. The molecule has 0 radical (unpaired) electrons. The van der Waals surface area contributed by atoms with E-state index >= 15 is 0 Å². The number of rotatable bonds is 8. The van der Waals surface area contributed by atoms with E-state index in [1.165, 1.54) is 12.3 Å². The van der Waals surface area contributed by atoms with Crippen LogP contribution in [0.15, 0.2) is 17.2 Å². The zero-order chi connectivity index (χ0) is 15.2. The summed E-state index contributed by atoms with van der Waals surface area (Å²) in [5.74, 6) is -0.297. The number of carbonyl (C=O) groups is 1. The lowest BCUT2D eigenvalue weighted by Gasteiger charge is -2.17. The van der Waals surface area contributed by atoms with Crippen molar-refractivity contribution in [2.75, 3.05) is 0 Å². The number of aromatic nitrogens is 1. The molecule has 0 aliphatic heterocycles. The van der Waals surface area contributed by atoms with Crippen molar-refractivity contribution in [1.82, 2.24) is 10.3 Å². The zero-order valence-electron chi connectivity index (χ0n) is 12.0. The summed E-state index contributed by atoms with van der Waals surface area (Å²) >= 11 is 0. The third kappa shape index (κ3) is 4.97. The van der Waals surface area contributed by atoms with Crippen LogP contribution in [-0.2, 0) is 10.0 Å². The summed E-state index contributed by atoms with van der Waals surface area (Å²) in [7, 11) is -3.78. The Hall–Kier alpha value is -1.34. The van der Waals surface area contributed by atoms with E-state index in [1.807, 2.05) is 0 Å². The van der Waals surface area contributed by atoms with Crippen LogP contribution >= 0.6 is 0 Å². The van der Waals surface area contributed by atoms with Crippen molar-refractivity contribution in [3.05, 3.63) is 18.0 Å². The number of nitrogens with one attached hydrogen (secondary N) is 2. The average molecular weight is 301 g/mol. The van der Waals surface area contributed by atoms with E-state index in [0.717, 1.165) is 32.1 Å². The van der Waals surface area contributed by atoms with E-state index in [4.69, 9.17) is 5.14 Å². The van der Waals surface area contributed by atoms with Crippen molar-refractivity contribution in [2.24, 2.45) is 5.14 Å². The third-order valence-corrected chi connectivity index (χ3v) is 4.00. The van der Waals surface area contributed by atoms with Crippen molar-refractivity contribution in [2.45, 2.75) is 56.9 Å². The largest absolute Gasteiger partial charge is 0.356 e. The summed E-state index contributed by atoms with van der Waals surface area (Å²) < 4.78 is 22.3. The van der Waals surface area contributed by atoms with Gasteiger partial charge in [-0.05, 0) is 18.9 Å². The molecule has 1 amide bonds. The van der Waals surface area contributed by atoms with Gasteiger partial charge in [0.2, 0.25) is 10.0 Å². The average Bonchev–Trinajstić information content (AvgIpc) is 2.85. The Morgan fingerprint density at radius 2 is 2.05 bits per heavy atom. The fourth-order valence-electron chi connectivity index (χ4n) is 2.02. The quantitative estimate of drug-likeness (QED) is 0.681. The molecule has 0 fully saturated rings. The van der Waals surface area contributed by atoms with Gasteiger partial charge in [-0.25, -0.2) is 13.6 Å². The number of aromatic amines is 1. The van der Waals surface area contributed by atoms with Crippen LogP contribution in [0.5, 0.6) is 0 Å². The molecule has 0 aliphatic rings. The molecule has 0 aromatic carbocycles. The molecular formula is C13H23N3O3S. The molecule has 20 heavy (non-hydrogen) atoms. The van der Waals surface area contributed by atoms with E-state index < -0.39 is 10.0 Å². The van der Waals surface area contributed by atoms with E-state index in [-0.39, 0.29) is 22.5 Å². The minimum absolute atomic E-state index is 0.0803. The highest BCUT2D eigenvalue weighted by atomic mass is 32.2. The summed E-state index contributed by atoms with van der Waals surface area (Å²) in [5.41, 5.74) is 0.214. The van der Waals surface area contributed by atoms with Crippen molar-refractivity contribution in [1.29, 1.82) is 0 Å². The van der Waals surface area contributed by atoms with Crippen LogP contribution in [0, 0.1) is 0 Å². The van der Waals surface area contributed by atoms with Gasteiger partial charge < -0.3 is 10.3 Å². The van der Waals surface area contributed by atoms with Crippen molar-refractivity contribution in [3.8, 4) is 0 Å². The lowest BCUT2D eigenvalue weighted by molar-refractivity contribution is 0.0927. The number of hydrogen-bond donors (Lipinski definition) is 3. The Morgan fingerprint density at radius 1 is 1.35 bits per heavy atom. The molecule has 114 valence electrons. The molecule has 0 saturated carbocycles. The minimum Gasteiger partial charge on any atom is -0.356 e. The number of hydrogen-bond acceptors (Lipinski definition) is 3. The molecule has 1 heterocycles. The smallest absolute Gasteiger partial charge is 0.267 e. The minimum atomic E-state index is -3.78. The number of sulfonamides is 1. The molecule has 0 aliphatic carbocycles. The standard InChI is InChI=1S/C13H23N3O3S/c1-3-5-7-10(6-4-2)16-13(17)12-8-11(9-15-12)20(14,18)19/h8-10,15H,3-7H2,1-2H3,(H,16,17)(H2,14,18,19). The van der Waals surface area contributed by atoms with Crippen LogP contribution in [0.4, 0.5) is 0 Å². The molecule has 1 atom stereocenters. The first-order valence-electron chi connectivity index (χ1n) is 6.90. The lowest BCUT2D eigenvalue weighted by Crippen LogP contribution is -2.34. The maximum Gasteiger partial charge on any atom is 0.267 e. The topological polar surface area (TPSA) is 105 Å². The summed E-state index contributed by atoms with van der Waals surface area (Å²) in [5, 5.41) is 7.93. The Labute approximate surface area is 120 Å². The van der Waals surface area contributed by atoms with Gasteiger partial charge >= 0.3 is 0 Å². The molecule has 0 bridgehead atoms. The first kappa shape index (κ1) is 16.7. The monoisotopic (exact) mass is 301 g/mol. The first-order valence-corrected chi connectivity index (χ1v) is 8.45. The number of unbranched alkanes of at least 4 members (excludes halogenated alkanes) is 1. The fourth-order valence-corrected chi connectivity index (χ4v) is 2.53. The SMILES string of the molecule is CCCCC(CCC)NC(=O)c1cc(S(N)(=O)=O)c[nH]1. The summed E-state index contributed by atoms with van der Waals surface area (Å²) in [6.07, 6.45) is 6.19. The van der Waals surface area contributed by atoms with Crippen molar-refractivity contribution >= 4 is 15.9 Å². The van der Waals surface area contributed by atoms with Gasteiger partial charge in [-0.1, -0.05) is 33.1 Å². The number of amides is 1. The Morgan fingerprint density at radius 3 is 2.55 bits per heavy atom. The fraction of sp³-hybridized carbons (Fsp3) is 0.615. The maximum atomic E-state index is 12.1. The second-order valence-electron chi connectivity index (χ2n) is 4.90. The van der Waals surface area contributed by atoms with E-state index in [0.29, 0.717) is 0 Å². The Kier molecular flexibility index (Phi) is 6.22. The summed E-state index contributed by atoms with van der Waals surface area (Å²) in [4.78, 5) is 14.6. The number of primary sulfonamides is 1. The highest BCUT2D eigenvalue weighted by Gasteiger charge is 2.17. The number of nitrogens with two attached hydrogens (primary N) is 1. The first-order chi connectivity index (χ1) is 9.38. The highest BCUT2D eigenvalue weighted by Crippen LogP contribution is 2.11. The molecular weight excluding hydrogens is 278 g/mol. The van der Waals surface area contributed by atoms with Gasteiger partial charge in [0.25, 0.3) is 5.91 Å². The Balaban J connectivity index is 2.71. The van der Waals surface area contributed by atoms with E-state index in [9.17, 15) is 13.2 Å². The molecule has 4 N–H and O–H groups in total. The molecule has 6 nitrogen and oxygen atoms in total. The zero-order valence-corrected chi connectivity index (χ0v) is 12.8. The van der Waals surface area contributed by atoms with Gasteiger partial charge in [-0.15, -0.1) is 0 Å². The second kappa shape index (κ2) is 7.44. The van der Waals surface area contributed by atoms with Gasteiger partial charge in [0.1, 0.15) is 5.69 Å². The van der Waals surface area contributed by atoms with Crippen LogP contribution in [0.3, 0.4) is 0 Å². The molecule has 1 aromatic rings. The summed E-state index contributed by atoms with van der Waals surface area (Å²) in [6.45, 7) is 4.17. The maximum absolute atomic E-state index is 12.1. The van der Waals surface area contributed by atoms with Crippen molar-refractivity contribution < 1.29 is 13.2 Å². The summed E-state index contributed by atoms with van der Waals surface area (Å²) in [6, 6.07) is 1.38. The molecule has 1 rings (SSSR count).